The van der Waals surface area contributed by atoms with Crippen LogP contribution in [0.4, 0.5) is 13.2 Å². The number of hydrogen-bond acceptors (Lipinski definition) is 6. The molecule has 29 heavy (non-hydrogen) atoms. The molecule has 4 heterocycles. The molecule has 3 saturated heterocycles. The number of aliphatic carboxylic acids is 1. The highest BCUT2D eigenvalue weighted by Gasteiger charge is 2.44. The largest absolute Gasteiger partial charge is 0.490 e. The monoisotopic (exact) mass is 435 g/mol. The van der Waals surface area contributed by atoms with E-state index < -0.39 is 12.1 Å². The second-order valence-electron chi connectivity index (χ2n) is 7.74. The number of likely N-dealkylation sites (tertiary alicyclic amines) is 2. The van der Waals surface area contributed by atoms with E-state index in [1.54, 1.807) is 5.51 Å². The standard InChI is InChI=1S/C16H23N3O2S.C2HF3O2/c20-15(14-9-22-12-17-14)19-5-1-3-16(11-19)4-6-18(10-16)13-2-7-21-8-13;3-2(4,5)1(6)7/h9,12-13H,1-8,10-11H2;(H,6,7). The molecule has 4 rings (SSSR count). The summed E-state index contributed by atoms with van der Waals surface area (Å²) in [4.78, 5) is 30.3. The van der Waals surface area contributed by atoms with E-state index in [1.807, 2.05) is 10.3 Å². The molecule has 0 bridgehead atoms. The number of carbonyl (C=O) groups excluding carboxylic acids is 1. The summed E-state index contributed by atoms with van der Waals surface area (Å²) in [5.74, 6) is -2.64. The zero-order valence-corrected chi connectivity index (χ0v) is 16.7. The van der Waals surface area contributed by atoms with Crippen molar-refractivity contribution in [1.29, 1.82) is 0 Å². The summed E-state index contributed by atoms with van der Waals surface area (Å²) in [7, 11) is 0. The van der Waals surface area contributed by atoms with Crippen LogP contribution in [0.1, 0.15) is 36.2 Å². The third-order valence-corrected chi connectivity index (χ3v) is 6.32. The maximum Gasteiger partial charge on any atom is 0.490 e. The van der Waals surface area contributed by atoms with Crippen LogP contribution in [0.25, 0.3) is 0 Å². The first-order valence-corrected chi connectivity index (χ1v) is 10.4. The molecule has 3 aliphatic rings. The zero-order chi connectivity index (χ0) is 21.1. The molecule has 1 amide bonds. The van der Waals surface area contributed by atoms with Crippen molar-refractivity contribution in [2.45, 2.75) is 37.9 Å². The van der Waals surface area contributed by atoms with Crippen LogP contribution < -0.4 is 0 Å². The maximum absolute atomic E-state index is 12.6. The molecule has 2 atom stereocenters. The highest BCUT2D eigenvalue weighted by Crippen LogP contribution is 2.40. The normalized spacial score (nSPS) is 27.7. The number of piperidine rings is 1. The highest BCUT2D eigenvalue weighted by atomic mass is 32.1. The first-order valence-electron chi connectivity index (χ1n) is 9.50. The van der Waals surface area contributed by atoms with Gasteiger partial charge in [0.2, 0.25) is 0 Å². The lowest BCUT2D eigenvalue weighted by molar-refractivity contribution is -0.192. The lowest BCUT2D eigenvalue weighted by atomic mass is 9.79. The molecule has 162 valence electrons. The summed E-state index contributed by atoms with van der Waals surface area (Å²) in [6.07, 6.45) is -0.343. The van der Waals surface area contributed by atoms with Crippen molar-refractivity contribution in [1.82, 2.24) is 14.8 Å². The number of amides is 1. The van der Waals surface area contributed by atoms with Crippen molar-refractivity contribution in [3.63, 3.8) is 0 Å². The molecule has 7 nitrogen and oxygen atoms in total. The van der Waals surface area contributed by atoms with E-state index >= 15 is 0 Å². The molecule has 1 aromatic heterocycles. The van der Waals surface area contributed by atoms with Gasteiger partial charge in [-0.05, 0) is 32.2 Å². The van der Waals surface area contributed by atoms with Gasteiger partial charge in [-0.25, -0.2) is 9.78 Å². The lowest BCUT2D eigenvalue weighted by Crippen LogP contribution is -2.48. The van der Waals surface area contributed by atoms with Gasteiger partial charge in [0, 0.05) is 43.1 Å². The number of carboxylic acid groups (broad SMARTS) is 1. The molecular formula is C18H24F3N3O4S. The van der Waals surface area contributed by atoms with Crippen molar-refractivity contribution < 1.29 is 32.6 Å². The third-order valence-electron chi connectivity index (χ3n) is 5.73. The van der Waals surface area contributed by atoms with E-state index in [-0.39, 0.29) is 5.91 Å². The fourth-order valence-corrected chi connectivity index (χ4v) is 4.81. The quantitative estimate of drug-likeness (QED) is 0.769. The van der Waals surface area contributed by atoms with Crippen LogP contribution in [-0.4, -0.2) is 83.4 Å². The van der Waals surface area contributed by atoms with Gasteiger partial charge in [0.15, 0.2) is 0 Å². The minimum atomic E-state index is -5.08. The molecule has 11 heteroatoms. The smallest absolute Gasteiger partial charge is 0.475 e. The summed E-state index contributed by atoms with van der Waals surface area (Å²) in [5, 5.41) is 8.99. The van der Waals surface area contributed by atoms with Gasteiger partial charge in [-0.15, -0.1) is 11.3 Å². The van der Waals surface area contributed by atoms with Crippen LogP contribution in [0.2, 0.25) is 0 Å². The average Bonchev–Trinajstić information content (AvgIpc) is 3.43. The van der Waals surface area contributed by atoms with Crippen molar-refractivity contribution >= 4 is 23.2 Å². The zero-order valence-electron chi connectivity index (χ0n) is 15.9. The van der Waals surface area contributed by atoms with Gasteiger partial charge < -0.3 is 14.7 Å². The number of carbonyl (C=O) groups is 2. The third kappa shape index (κ3) is 5.46. The summed E-state index contributed by atoms with van der Waals surface area (Å²) in [6, 6.07) is 0.601. The Balaban J connectivity index is 0.000000298. The van der Waals surface area contributed by atoms with Crippen molar-refractivity contribution in [3.8, 4) is 0 Å². The molecule has 0 saturated carbocycles. The van der Waals surface area contributed by atoms with Gasteiger partial charge >= 0.3 is 12.1 Å². The summed E-state index contributed by atoms with van der Waals surface area (Å²) in [6.45, 7) is 5.85. The molecular weight excluding hydrogens is 411 g/mol. The van der Waals surface area contributed by atoms with Crippen LogP contribution in [0, 0.1) is 5.41 Å². The molecule has 3 aliphatic heterocycles. The van der Waals surface area contributed by atoms with Crippen LogP contribution in [-0.2, 0) is 9.53 Å². The molecule has 1 aromatic rings. The van der Waals surface area contributed by atoms with E-state index in [2.05, 4.69) is 9.88 Å². The van der Waals surface area contributed by atoms with Crippen LogP contribution in [0.5, 0.6) is 0 Å². The van der Waals surface area contributed by atoms with Crippen molar-refractivity contribution in [2.75, 3.05) is 39.4 Å². The molecule has 0 radical (unpaired) electrons. The number of aromatic nitrogens is 1. The molecule has 1 N–H and O–H groups in total. The maximum atomic E-state index is 12.6. The Morgan fingerprint density at radius 2 is 2.03 bits per heavy atom. The van der Waals surface area contributed by atoms with Gasteiger partial charge in [-0.3, -0.25) is 9.69 Å². The van der Waals surface area contributed by atoms with E-state index in [9.17, 15) is 18.0 Å². The second-order valence-corrected chi connectivity index (χ2v) is 8.46. The number of rotatable bonds is 2. The number of carboxylic acids is 1. The number of ether oxygens (including phenoxy) is 1. The van der Waals surface area contributed by atoms with E-state index in [1.165, 1.54) is 24.2 Å². The molecule has 1 spiro atoms. The summed E-state index contributed by atoms with van der Waals surface area (Å²) >= 11 is 1.49. The Bertz CT molecular complexity index is 710. The number of hydrogen-bond donors (Lipinski definition) is 1. The second kappa shape index (κ2) is 8.97. The molecule has 2 unspecified atom stereocenters. The van der Waals surface area contributed by atoms with E-state index in [4.69, 9.17) is 14.6 Å². The fourth-order valence-electron chi connectivity index (χ4n) is 4.29. The van der Waals surface area contributed by atoms with Crippen LogP contribution in [0.3, 0.4) is 0 Å². The van der Waals surface area contributed by atoms with Crippen LogP contribution >= 0.6 is 11.3 Å². The fraction of sp³-hybridized carbons (Fsp3) is 0.722. The first-order chi connectivity index (χ1) is 13.7. The number of halogens is 3. The van der Waals surface area contributed by atoms with Crippen molar-refractivity contribution in [3.05, 3.63) is 16.6 Å². The number of thiazole rings is 1. The Morgan fingerprint density at radius 1 is 1.28 bits per heavy atom. The van der Waals surface area contributed by atoms with Crippen LogP contribution in [0.15, 0.2) is 10.9 Å². The molecule has 3 fully saturated rings. The van der Waals surface area contributed by atoms with Gasteiger partial charge in [-0.2, -0.15) is 13.2 Å². The average molecular weight is 435 g/mol. The van der Waals surface area contributed by atoms with Gasteiger partial charge in [0.1, 0.15) is 5.69 Å². The minimum Gasteiger partial charge on any atom is -0.475 e. The first kappa shape index (κ1) is 22.0. The molecule has 0 aromatic carbocycles. The van der Waals surface area contributed by atoms with Crippen molar-refractivity contribution in [2.24, 2.45) is 5.41 Å². The van der Waals surface area contributed by atoms with Gasteiger partial charge in [0.05, 0.1) is 12.1 Å². The predicted octanol–water partition coefficient (Wildman–Crippen LogP) is 2.49. The number of alkyl halides is 3. The number of nitrogens with zero attached hydrogens (tertiary/aromatic N) is 3. The Hall–Kier alpha value is -1.72. The lowest BCUT2D eigenvalue weighted by Gasteiger charge is -2.40. The van der Waals surface area contributed by atoms with E-state index in [0.29, 0.717) is 17.2 Å². The summed E-state index contributed by atoms with van der Waals surface area (Å²) in [5.41, 5.74) is 2.65. The predicted molar refractivity (Wildman–Crippen MR) is 98.8 cm³/mol. The summed E-state index contributed by atoms with van der Waals surface area (Å²) < 4.78 is 37.3. The topological polar surface area (TPSA) is 83.0 Å². The highest BCUT2D eigenvalue weighted by molar-refractivity contribution is 7.07. The Kier molecular flexibility index (Phi) is 6.79. The Morgan fingerprint density at radius 3 is 2.62 bits per heavy atom. The van der Waals surface area contributed by atoms with E-state index in [0.717, 1.165) is 52.2 Å². The van der Waals surface area contributed by atoms with Gasteiger partial charge in [-0.1, -0.05) is 0 Å². The van der Waals surface area contributed by atoms with Gasteiger partial charge in [0.25, 0.3) is 5.91 Å². The molecule has 0 aliphatic carbocycles. The minimum absolute atomic E-state index is 0.114. The SMILES string of the molecule is O=C(O)C(F)(F)F.O=C(c1cscn1)N1CCCC2(CCN(C3CCOC3)C2)C1. The Labute approximate surface area is 170 Å².